The summed E-state index contributed by atoms with van der Waals surface area (Å²) in [7, 11) is -3.59. The van der Waals surface area contributed by atoms with E-state index in [-0.39, 0.29) is 24.8 Å². The number of nitrogens with one attached hydrogen (secondary N) is 1. The Morgan fingerprint density at radius 1 is 1.03 bits per heavy atom. The molecule has 2 aromatic rings. The van der Waals surface area contributed by atoms with Crippen LogP contribution in [0.5, 0.6) is 0 Å². The molecule has 0 heterocycles. The van der Waals surface area contributed by atoms with E-state index >= 15 is 0 Å². The summed E-state index contributed by atoms with van der Waals surface area (Å²) in [6.07, 6.45) is 2.15. The Morgan fingerprint density at radius 3 is 2.25 bits per heavy atom. The quantitative estimate of drug-likeness (QED) is 0.456. The van der Waals surface area contributed by atoms with Gasteiger partial charge in [-0.1, -0.05) is 48.0 Å². The summed E-state index contributed by atoms with van der Waals surface area (Å²) in [5.41, 5.74) is 1.80. The molecule has 1 atom stereocenters. The van der Waals surface area contributed by atoms with Gasteiger partial charge in [0.25, 0.3) is 0 Å². The highest BCUT2D eigenvalue weighted by Gasteiger charge is 2.28. The fourth-order valence-corrected chi connectivity index (χ4v) is 5.08. The standard InChI is InChI=1S/C27H38ClN3O4S/c1-20-23(28)14-10-15-24(20)31(36(6,34)35)18-11-16-25(32)30(19-17-22-12-8-7-9-13-22)21(2)26(33)29-27(3,4)5/h7-10,12-15,21H,11,16-19H2,1-6H3,(H,29,33)/t21-/m1/s1. The van der Waals surface area contributed by atoms with Crippen LogP contribution in [-0.2, 0) is 26.0 Å². The van der Waals surface area contributed by atoms with E-state index in [9.17, 15) is 18.0 Å². The minimum atomic E-state index is -3.59. The van der Waals surface area contributed by atoms with Gasteiger partial charge in [-0.3, -0.25) is 13.9 Å². The molecule has 36 heavy (non-hydrogen) atoms. The van der Waals surface area contributed by atoms with Gasteiger partial charge in [-0.15, -0.1) is 0 Å². The van der Waals surface area contributed by atoms with E-state index in [0.29, 0.717) is 35.7 Å². The number of nitrogens with zero attached hydrogens (tertiary/aromatic N) is 2. The zero-order chi connectivity index (χ0) is 27.1. The molecule has 0 aliphatic heterocycles. The molecule has 0 saturated heterocycles. The first kappa shape index (κ1) is 29.6. The molecule has 0 aliphatic carbocycles. The molecule has 0 fully saturated rings. The van der Waals surface area contributed by atoms with Crippen LogP contribution in [0, 0.1) is 6.92 Å². The molecule has 0 radical (unpaired) electrons. The van der Waals surface area contributed by atoms with E-state index in [1.54, 1.807) is 36.9 Å². The van der Waals surface area contributed by atoms with Crippen LogP contribution >= 0.6 is 11.6 Å². The SMILES string of the molecule is Cc1c(Cl)cccc1N(CCCC(=O)N(CCc1ccccc1)[C@H](C)C(=O)NC(C)(C)C)S(C)(=O)=O. The van der Waals surface area contributed by atoms with Crippen LogP contribution in [0.25, 0.3) is 0 Å². The Labute approximate surface area is 220 Å². The van der Waals surface area contributed by atoms with Crippen molar-refractivity contribution in [2.24, 2.45) is 0 Å². The number of hydrogen-bond donors (Lipinski definition) is 1. The highest BCUT2D eigenvalue weighted by molar-refractivity contribution is 7.92. The molecule has 7 nitrogen and oxygen atoms in total. The van der Waals surface area contributed by atoms with Crippen LogP contribution in [0.15, 0.2) is 48.5 Å². The van der Waals surface area contributed by atoms with Crippen molar-refractivity contribution in [3.05, 3.63) is 64.7 Å². The van der Waals surface area contributed by atoms with Crippen LogP contribution in [0.4, 0.5) is 5.69 Å². The lowest BCUT2D eigenvalue weighted by Gasteiger charge is -2.32. The molecule has 2 rings (SSSR count). The molecular formula is C27H38ClN3O4S. The third-order valence-corrected chi connectivity index (χ3v) is 7.40. The molecular weight excluding hydrogens is 498 g/mol. The van der Waals surface area contributed by atoms with Crippen LogP contribution in [-0.4, -0.2) is 56.1 Å². The van der Waals surface area contributed by atoms with Crippen LogP contribution < -0.4 is 9.62 Å². The lowest BCUT2D eigenvalue weighted by molar-refractivity contribution is -0.140. The largest absolute Gasteiger partial charge is 0.350 e. The summed E-state index contributed by atoms with van der Waals surface area (Å²) < 4.78 is 26.3. The summed E-state index contributed by atoms with van der Waals surface area (Å²) in [5, 5.41) is 3.42. The number of amides is 2. The van der Waals surface area contributed by atoms with E-state index in [1.165, 1.54) is 4.31 Å². The Hall–Kier alpha value is -2.58. The molecule has 2 amide bonds. The van der Waals surface area contributed by atoms with Gasteiger partial charge in [0.05, 0.1) is 11.9 Å². The van der Waals surface area contributed by atoms with Crippen molar-refractivity contribution >= 4 is 39.1 Å². The third-order valence-electron chi connectivity index (χ3n) is 5.81. The highest BCUT2D eigenvalue weighted by Crippen LogP contribution is 2.28. The normalized spacial score (nSPS) is 12.6. The number of carbonyl (C=O) groups is 2. The number of hydrogen-bond acceptors (Lipinski definition) is 4. The topological polar surface area (TPSA) is 86.8 Å². The Balaban J connectivity index is 2.16. The maximum atomic E-state index is 13.3. The predicted molar refractivity (Wildman–Crippen MR) is 147 cm³/mol. The molecule has 0 bridgehead atoms. The van der Waals surface area contributed by atoms with Crippen LogP contribution in [0.1, 0.15) is 51.7 Å². The van der Waals surface area contributed by atoms with Gasteiger partial charge >= 0.3 is 0 Å². The van der Waals surface area contributed by atoms with E-state index in [4.69, 9.17) is 11.6 Å². The van der Waals surface area contributed by atoms with Gasteiger partial charge in [-0.2, -0.15) is 0 Å². The van der Waals surface area contributed by atoms with Crippen molar-refractivity contribution in [1.29, 1.82) is 0 Å². The molecule has 1 N–H and O–H groups in total. The van der Waals surface area contributed by atoms with Crippen molar-refractivity contribution in [1.82, 2.24) is 10.2 Å². The number of benzene rings is 2. The second kappa shape index (κ2) is 12.6. The van der Waals surface area contributed by atoms with Gasteiger partial charge in [-0.25, -0.2) is 8.42 Å². The average molecular weight is 536 g/mol. The van der Waals surface area contributed by atoms with Crippen molar-refractivity contribution in [2.45, 2.75) is 65.5 Å². The van der Waals surface area contributed by atoms with Crippen molar-refractivity contribution in [2.75, 3.05) is 23.7 Å². The maximum absolute atomic E-state index is 13.3. The molecule has 0 spiro atoms. The molecule has 0 aromatic heterocycles. The molecule has 9 heteroatoms. The first-order chi connectivity index (χ1) is 16.7. The summed E-state index contributed by atoms with van der Waals surface area (Å²) in [5.74, 6) is -0.421. The number of anilines is 1. The summed E-state index contributed by atoms with van der Waals surface area (Å²) in [6, 6.07) is 14.2. The predicted octanol–water partition coefficient (Wildman–Crippen LogP) is 4.57. The van der Waals surface area contributed by atoms with E-state index < -0.39 is 21.6 Å². The van der Waals surface area contributed by atoms with Gasteiger partial charge < -0.3 is 10.2 Å². The minimum absolute atomic E-state index is 0.105. The lowest BCUT2D eigenvalue weighted by atomic mass is 10.1. The second-order valence-corrected chi connectivity index (χ2v) is 12.4. The van der Waals surface area contributed by atoms with Crippen molar-refractivity contribution < 1.29 is 18.0 Å². The fourth-order valence-electron chi connectivity index (χ4n) is 3.89. The lowest BCUT2D eigenvalue weighted by Crippen LogP contribution is -2.53. The number of carbonyl (C=O) groups excluding carboxylic acids is 2. The third kappa shape index (κ3) is 8.82. The van der Waals surface area contributed by atoms with Gasteiger partial charge in [-0.05, 0) is 70.7 Å². The zero-order valence-corrected chi connectivity index (χ0v) is 23.6. The molecule has 2 aromatic carbocycles. The summed E-state index contributed by atoms with van der Waals surface area (Å²) in [4.78, 5) is 27.8. The zero-order valence-electron chi connectivity index (χ0n) is 22.0. The molecule has 0 saturated carbocycles. The Kier molecular flexibility index (Phi) is 10.4. The smallest absolute Gasteiger partial charge is 0.242 e. The van der Waals surface area contributed by atoms with E-state index in [1.807, 2.05) is 51.1 Å². The first-order valence-electron chi connectivity index (χ1n) is 12.1. The van der Waals surface area contributed by atoms with Gasteiger partial charge in [0.1, 0.15) is 6.04 Å². The summed E-state index contributed by atoms with van der Waals surface area (Å²) in [6.45, 7) is 9.68. The second-order valence-electron chi connectivity index (χ2n) is 10.1. The fraction of sp³-hybridized carbons (Fsp3) is 0.481. The van der Waals surface area contributed by atoms with Crippen molar-refractivity contribution in [3.63, 3.8) is 0 Å². The molecule has 198 valence electrons. The van der Waals surface area contributed by atoms with Gasteiger partial charge in [0, 0.05) is 30.1 Å². The van der Waals surface area contributed by atoms with Crippen LogP contribution in [0.2, 0.25) is 5.02 Å². The maximum Gasteiger partial charge on any atom is 0.242 e. The monoisotopic (exact) mass is 535 g/mol. The minimum Gasteiger partial charge on any atom is -0.350 e. The highest BCUT2D eigenvalue weighted by atomic mass is 35.5. The van der Waals surface area contributed by atoms with Crippen molar-refractivity contribution in [3.8, 4) is 0 Å². The van der Waals surface area contributed by atoms with Gasteiger partial charge in [0.15, 0.2) is 0 Å². The summed E-state index contributed by atoms with van der Waals surface area (Å²) >= 11 is 6.21. The van der Waals surface area contributed by atoms with E-state index in [2.05, 4.69) is 5.32 Å². The number of sulfonamides is 1. The Morgan fingerprint density at radius 2 is 1.67 bits per heavy atom. The molecule has 0 aliphatic rings. The Bertz CT molecular complexity index is 1150. The van der Waals surface area contributed by atoms with Crippen LogP contribution in [0.3, 0.4) is 0 Å². The molecule has 0 unspecified atom stereocenters. The number of rotatable bonds is 11. The number of halogens is 1. The average Bonchev–Trinajstić information content (AvgIpc) is 2.77. The van der Waals surface area contributed by atoms with E-state index in [0.717, 1.165) is 11.8 Å². The van der Waals surface area contributed by atoms with Gasteiger partial charge in [0.2, 0.25) is 21.8 Å². The first-order valence-corrected chi connectivity index (χ1v) is 14.3.